The largest absolute Gasteiger partial charge is 0.265 e. The van der Waals surface area contributed by atoms with E-state index in [1.807, 2.05) is 41.2 Å². The van der Waals surface area contributed by atoms with E-state index in [4.69, 9.17) is 16.8 Å². The maximum absolute atomic E-state index is 9.11. The summed E-state index contributed by atoms with van der Waals surface area (Å²) < 4.78 is 2.04. The first kappa shape index (κ1) is 13.5. The number of rotatable bonds is 3. The van der Waals surface area contributed by atoms with Gasteiger partial charge in [-0.15, -0.1) is 0 Å². The minimum absolute atomic E-state index is 0.651. The summed E-state index contributed by atoms with van der Waals surface area (Å²) in [5, 5.41) is 9.76. The summed E-state index contributed by atoms with van der Waals surface area (Å²) in [6, 6.07) is 13.4. The van der Waals surface area contributed by atoms with Crippen molar-refractivity contribution in [3.8, 4) is 0 Å². The van der Waals surface area contributed by atoms with Crippen molar-refractivity contribution in [2.24, 2.45) is 0 Å². The average Bonchev–Trinajstić information content (AvgIpc) is 2.77. The molecular weight excluding hydrogens is 294 g/mol. The Morgan fingerprint density at radius 3 is 2.85 bits per heavy atom. The quantitative estimate of drug-likeness (QED) is 0.577. The molecule has 6 heteroatoms. The number of hydrogen-bond donors (Lipinski definition) is 2. The molecule has 0 spiro atoms. The van der Waals surface area contributed by atoms with Crippen LogP contribution in [-0.2, 0) is 0 Å². The summed E-state index contributed by atoms with van der Waals surface area (Å²) in [4.78, 5) is 5.40. The Labute approximate surface area is 125 Å². The molecule has 0 unspecified atom stereocenters. The van der Waals surface area contributed by atoms with E-state index in [0.717, 1.165) is 32.9 Å². The van der Waals surface area contributed by atoms with E-state index in [1.54, 1.807) is 12.1 Å². The average molecular weight is 307 g/mol. The van der Waals surface area contributed by atoms with Gasteiger partial charge in [0.2, 0.25) is 0 Å². The maximum Gasteiger partial charge on any atom is 0.163 e. The summed E-state index contributed by atoms with van der Waals surface area (Å²) in [7, 11) is 0. The second kappa shape index (κ2) is 5.46. The van der Waals surface area contributed by atoms with Crippen LogP contribution in [-0.4, -0.2) is 14.2 Å². The lowest BCUT2D eigenvalue weighted by molar-refractivity contribution is -0.825. The van der Waals surface area contributed by atoms with Gasteiger partial charge in [-0.1, -0.05) is 23.7 Å². The van der Waals surface area contributed by atoms with Crippen LogP contribution in [0.3, 0.4) is 0 Å². The van der Waals surface area contributed by atoms with Crippen LogP contribution >= 0.6 is 23.5 Å². The van der Waals surface area contributed by atoms with Gasteiger partial charge in [-0.2, -0.15) is 5.48 Å². The summed E-state index contributed by atoms with van der Waals surface area (Å²) in [5.74, 6) is 0.908. The van der Waals surface area contributed by atoms with Gasteiger partial charge in [0.1, 0.15) is 5.82 Å². The first-order valence-corrected chi connectivity index (χ1v) is 7.23. The molecule has 0 amide bonds. The van der Waals surface area contributed by atoms with E-state index >= 15 is 0 Å². The van der Waals surface area contributed by atoms with Gasteiger partial charge < -0.3 is 0 Å². The third-order valence-electron chi connectivity index (χ3n) is 2.97. The Morgan fingerprint density at radius 2 is 2.05 bits per heavy atom. The molecule has 3 aromatic rings. The standard InChI is InChI=1S/C14H12ClN3OS/c1-9-16-12-4-2-3-5-13(12)18(9)20-14-8-10(17-19)6-7-11(14)15/h2-8,17,19H,1H3/p+1. The molecule has 3 N–H and O–H groups in total. The van der Waals surface area contributed by atoms with Crippen LogP contribution in [0.15, 0.2) is 47.4 Å². The van der Waals surface area contributed by atoms with Crippen molar-refractivity contribution in [2.45, 2.75) is 11.8 Å². The fraction of sp³-hybridized carbons (Fsp3) is 0.0714. The third-order valence-corrected chi connectivity index (χ3v) is 4.59. The van der Waals surface area contributed by atoms with E-state index in [9.17, 15) is 0 Å². The molecule has 0 saturated heterocycles. The zero-order valence-corrected chi connectivity index (χ0v) is 12.3. The number of quaternary nitrogens is 1. The highest BCUT2D eigenvalue weighted by molar-refractivity contribution is 7.98. The number of fused-ring (bicyclic) bond motifs is 1. The van der Waals surface area contributed by atoms with Crippen LogP contribution < -0.4 is 5.48 Å². The normalized spacial score (nSPS) is 11.2. The van der Waals surface area contributed by atoms with Gasteiger partial charge in [-0.3, -0.25) is 3.97 Å². The fourth-order valence-corrected chi connectivity index (χ4v) is 3.20. The van der Waals surface area contributed by atoms with Gasteiger partial charge in [-0.25, -0.2) is 10.2 Å². The first-order chi connectivity index (χ1) is 9.69. The Hall–Kier alpha value is -1.53. The molecule has 0 radical (unpaired) electrons. The molecule has 0 aliphatic heterocycles. The number of nitrogens with zero attached hydrogens (tertiary/aromatic N) is 2. The summed E-state index contributed by atoms with van der Waals surface area (Å²) in [6.45, 7) is 1.96. The second-order valence-corrected chi connectivity index (χ2v) is 5.75. The van der Waals surface area contributed by atoms with Crippen molar-refractivity contribution >= 4 is 40.3 Å². The second-order valence-electron chi connectivity index (χ2n) is 4.35. The number of aryl methyl sites for hydroxylation is 1. The minimum atomic E-state index is 0.651. The highest BCUT2D eigenvalue weighted by Crippen LogP contribution is 2.33. The van der Waals surface area contributed by atoms with E-state index < -0.39 is 0 Å². The number of aromatic nitrogens is 2. The van der Waals surface area contributed by atoms with Crippen LogP contribution in [0.1, 0.15) is 5.82 Å². The van der Waals surface area contributed by atoms with E-state index in [0.29, 0.717) is 5.02 Å². The molecule has 0 aliphatic rings. The Kier molecular flexibility index (Phi) is 3.67. The molecule has 1 aromatic heterocycles. The van der Waals surface area contributed by atoms with Crippen LogP contribution in [0.4, 0.5) is 5.69 Å². The lowest BCUT2D eigenvalue weighted by Gasteiger charge is -2.07. The van der Waals surface area contributed by atoms with Crippen molar-refractivity contribution < 1.29 is 10.7 Å². The molecule has 4 nitrogen and oxygen atoms in total. The zero-order chi connectivity index (χ0) is 14.1. The molecule has 0 bridgehead atoms. The van der Waals surface area contributed by atoms with Gasteiger partial charge >= 0.3 is 0 Å². The fourth-order valence-electron chi connectivity index (χ4n) is 2.01. The molecule has 3 rings (SSSR count). The monoisotopic (exact) mass is 306 g/mol. The van der Waals surface area contributed by atoms with Crippen molar-refractivity contribution in [1.82, 2.24) is 8.96 Å². The lowest BCUT2D eigenvalue weighted by Crippen LogP contribution is -2.73. The molecule has 102 valence electrons. The first-order valence-electron chi connectivity index (χ1n) is 6.08. The molecule has 1 heterocycles. The maximum atomic E-state index is 9.11. The van der Waals surface area contributed by atoms with E-state index in [-0.39, 0.29) is 0 Å². The zero-order valence-electron chi connectivity index (χ0n) is 10.7. The minimum Gasteiger partial charge on any atom is -0.265 e. The molecule has 0 atom stereocenters. The van der Waals surface area contributed by atoms with Crippen molar-refractivity contribution in [3.05, 3.63) is 53.3 Å². The van der Waals surface area contributed by atoms with Crippen molar-refractivity contribution in [3.63, 3.8) is 0 Å². The molecular formula is C14H13ClN3OS+. The highest BCUT2D eigenvalue weighted by atomic mass is 35.5. The van der Waals surface area contributed by atoms with Gasteiger partial charge in [0.25, 0.3) is 0 Å². The Bertz CT molecular complexity index is 772. The number of para-hydroxylation sites is 2. The van der Waals surface area contributed by atoms with Crippen LogP contribution in [0, 0.1) is 6.92 Å². The predicted octanol–water partition coefficient (Wildman–Crippen LogP) is 3.14. The summed E-state index contributed by atoms with van der Waals surface area (Å²) in [6.07, 6.45) is 0. The third kappa shape index (κ3) is 2.41. The number of nitrogens with two attached hydrogens (primary N) is 1. The van der Waals surface area contributed by atoms with Gasteiger partial charge in [0.15, 0.2) is 5.69 Å². The number of halogens is 1. The van der Waals surface area contributed by atoms with E-state index in [2.05, 4.69) is 4.98 Å². The summed E-state index contributed by atoms with van der Waals surface area (Å²) in [5.41, 5.74) is 3.79. The highest BCUT2D eigenvalue weighted by Gasteiger charge is 2.11. The van der Waals surface area contributed by atoms with Crippen LogP contribution in [0.5, 0.6) is 0 Å². The molecule has 2 aromatic carbocycles. The molecule has 20 heavy (non-hydrogen) atoms. The molecule has 0 fully saturated rings. The number of hydrogen-bond acceptors (Lipinski definition) is 3. The lowest BCUT2D eigenvalue weighted by atomic mass is 10.3. The van der Waals surface area contributed by atoms with E-state index in [1.165, 1.54) is 11.9 Å². The molecule has 0 aliphatic carbocycles. The smallest absolute Gasteiger partial charge is 0.163 e. The van der Waals surface area contributed by atoms with Crippen molar-refractivity contribution in [2.75, 3.05) is 0 Å². The Morgan fingerprint density at radius 1 is 1.25 bits per heavy atom. The number of benzene rings is 2. The number of imidazole rings is 1. The summed E-state index contributed by atoms with van der Waals surface area (Å²) >= 11 is 7.72. The van der Waals surface area contributed by atoms with Crippen molar-refractivity contribution in [1.29, 1.82) is 0 Å². The Balaban J connectivity index is 2.07. The van der Waals surface area contributed by atoms with Gasteiger partial charge in [0.05, 0.1) is 21.0 Å². The predicted molar refractivity (Wildman–Crippen MR) is 80.5 cm³/mol. The van der Waals surface area contributed by atoms with Crippen LogP contribution in [0.25, 0.3) is 11.0 Å². The topological polar surface area (TPSA) is 54.7 Å². The van der Waals surface area contributed by atoms with Crippen LogP contribution in [0.2, 0.25) is 5.02 Å². The van der Waals surface area contributed by atoms with Gasteiger partial charge in [0, 0.05) is 12.1 Å². The SMILES string of the molecule is Cc1nc2ccccc2n1Sc1cc([NH2+]O)ccc1Cl. The van der Waals surface area contributed by atoms with Gasteiger partial charge in [-0.05, 0) is 37.1 Å². The molecule has 0 saturated carbocycles.